The lowest BCUT2D eigenvalue weighted by Crippen LogP contribution is -2.56. The third kappa shape index (κ3) is 6.49. The van der Waals surface area contributed by atoms with Gasteiger partial charge in [0.05, 0.1) is 6.42 Å². The lowest BCUT2D eigenvalue weighted by molar-refractivity contribution is -0.135. The Morgan fingerprint density at radius 3 is 2.19 bits per heavy atom. The number of hydrogen-bond acceptors (Lipinski definition) is 2. The summed E-state index contributed by atoms with van der Waals surface area (Å²) in [6, 6.07) is 35.6. The molecule has 0 radical (unpaired) electrons. The van der Waals surface area contributed by atoms with Crippen LogP contribution in [0, 0.1) is 6.92 Å². The van der Waals surface area contributed by atoms with Crippen molar-refractivity contribution in [3.8, 4) is 11.1 Å². The van der Waals surface area contributed by atoms with E-state index in [-0.39, 0.29) is 11.9 Å². The van der Waals surface area contributed by atoms with Crippen molar-refractivity contribution in [3.63, 3.8) is 0 Å². The summed E-state index contributed by atoms with van der Waals surface area (Å²) >= 11 is 6.46. The van der Waals surface area contributed by atoms with Crippen LogP contribution in [0.4, 0.5) is 0 Å². The Morgan fingerprint density at radius 2 is 1.49 bits per heavy atom. The van der Waals surface area contributed by atoms with Crippen molar-refractivity contribution >= 4 is 17.5 Å². The predicted octanol–water partition coefficient (Wildman–Crippen LogP) is 6.81. The fourth-order valence-electron chi connectivity index (χ4n) is 5.23. The van der Waals surface area contributed by atoms with Gasteiger partial charge >= 0.3 is 0 Å². The molecular formula is C33H33ClN2O. The summed E-state index contributed by atoms with van der Waals surface area (Å²) < 4.78 is 0. The second-order valence-electron chi connectivity index (χ2n) is 10.0. The molecule has 1 fully saturated rings. The fraction of sp³-hybridized carbons (Fsp3) is 0.242. The Kier molecular flexibility index (Phi) is 8.03. The molecule has 1 saturated heterocycles. The summed E-state index contributed by atoms with van der Waals surface area (Å²) in [6.07, 6.45) is 1.32. The Morgan fingerprint density at radius 1 is 0.811 bits per heavy atom. The third-order valence-corrected chi connectivity index (χ3v) is 7.52. The van der Waals surface area contributed by atoms with Gasteiger partial charge in [0.15, 0.2) is 0 Å². The fourth-order valence-corrected chi connectivity index (χ4v) is 5.46. The number of benzene rings is 4. The number of piperazine rings is 1. The van der Waals surface area contributed by atoms with E-state index in [1.54, 1.807) is 0 Å². The highest BCUT2D eigenvalue weighted by Crippen LogP contribution is 2.29. The molecule has 0 unspecified atom stereocenters. The summed E-state index contributed by atoms with van der Waals surface area (Å²) in [5.41, 5.74) is 7.02. The molecule has 5 rings (SSSR count). The molecule has 0 saturated carbocycles. The van der Waals surface area contributed by atoms with Gasteiger partial charge in [-0.25, -0.2) is 0 Å². The standard InChI is InChI=1S/C33H33ClN2O/c1-25-12-17-32(34)31(20-25)29-15-13-28(14-16-29)23-35-18-19-36(33(37)22-27-10-6-3-7-11-27)30(24-35)21-26-8-4-2-5-9-26/h2-17,20,30H,18-19,21-24H2,1H3/t30-/m1/s1. The van der Waals surface area contributed by atoms with Gasteiger partial charge in [0.25, 0.3) is 0 Å². The van der Waals surface area contributed by atoms with E-state index < -0.39 is 0 Å². The smallest absolute Gasteiger partial charge is 0.227 e. The van der Waals surface area contributed by atoms with Crippen molar-refractivity contribution in [3.05, 3.63) is 130 Å². The van der Waals surface area contributed by atoms with E-state index >= 15 is 0 Å². The van der Waals surface area contributed by atoms with Gasteiger partial charge in [-0.05, 0) is 47.7 Å². The molecule has 1 aliphatic heterocycles. The van der Waals surface area contributed by atoms with Crippen LogP contribution in [-0.2, 0) is 24.2 Å². The molecule has 1 amide bonds. The molecular weight excluding hydrogens is 476 g/mol. The number of amides is 1. The average Bonchev–Trinajstić information content (AvgIpc) is 2.92. The Bertz CT molecular complexity index is 1320. The minimum absolute atomic E-state index is 0.151. The van der Waals surface area contributed by atoms with Gasteiger partial charge in [0.1, 0.15) is 0 Å². The van der Waals surface area contributed by atoms with Gasteiger partial charge in [-0.3, -0.25) is 9.69 Å². The number of carbonyl (C=O) groups is 1. The van der Waals surface area contributed by atoms with Crippen LogP contribution in [-0.4, -0.2) is 41.4 Å². The van der Waals surface area contributed by atoms with E-state index in [0.717, 1.165) is 54.3 Å². The van der Waals surface area contributed by atoms with Crippen LogP contribution >= 0.6 is 11.6 Å². The Balaban J connectivity index is 1.29. The van der Waals surface area contributed by atoms with E-state index in [1.165, 1.54) is 16.7 Å². The third-order valence-electron chi connectivity index (χ3n) is 7.19. The van der Waals surface area contributed by atoms with E-state index in [4.69, 9.17) is 11.6 Å². The average molecular weight is 509 g/mol. The van der Waals surface area contributed by atoms with E-state index in [1.807, 2.05) is 48.5 Å². The van der Waals surface area contributed by atoms with Crippen LogP contribution < -0.4 is 0 Å². The minimum Gasteiger partial charge on any atom is -0.337 e. The molecule has 0 N–H and O–H groups in total. The van der Waals surface area contributed by atoms with Crippen LogP contribution in [0.5, 0.6) is 0 Å². The Labute approximate surface area is 225 Å². The maximum atomic E-state index is 13.4. The van der Waals surface area contributed by atoms with Crippen molar-refractivity contribution in [2.24, 2.45) is 0 Å². The molecule has 0 bridgehead atoms. The van der Waals surface area contributed by atoms with Crippen molar-refractivity contribution < 1.29 is 4.79 Å². The molecule has 1 aliphatic rings. The van der Waals surface area contributed by atoms with Gasteiger partial charge in [-0.1, -0.05) is 108 Å². The largest absolute Gasteiger partial charge is 0.337 e. The molecule has 4 aromatic rings. The molecule has 1 atom stereocenters. The van der Waals surface area contributed by atoms with Crippen LogP contribution in [0.2, 0.25) is 5.02 Å². The monoisotopic (exact) mass is 508 g/mol. The second kappa shape index (κ2) is 11.8. The summed E-state index contributed by atoms with van der Waals surface area (Å²) in [5.74, 6) is 0.214. The second-order valence-corrected chi connectivity index (χ2v) is 10.4. The van der Waals surface area contributed by atoms with Crippen LogP contribution in [0.1, 0.15) is 22.3 Å². The van der Waals surface area contributed by atoms with Gasteiger partial charge in [0, 0.05) is 42.8 Å². The highest BCUT2D eigenvalue weighted by Gasteiger charge is 2.30. The highest BCUT2D eigenvalue weighted by atomic mass is 35.5. The summed E-state index contributed by atoms with van der Waals surface area (Å²) in [4.78, 5) is 17.9. The predicted molar refractivity (Wildman–Crippen MR) is 153 cm³/mol. The zero-order valence-electron chi connectivity index (χ0n) is 21.3. The maximum Gasteiger partial charge on any atom is 0.227 e. The molecule has 1 heterocycles. The molecule has 0 aromatic heterocycles. The zero-order chi connectivity index (χ0) is 25.6. The lowest BCUT2D eigenvalue weighted by atomic mass is 9.99. The van der Waals surface area contributed by atoms with E-state index in [2.05, 4.69) is 71.3 Å². The first-order valence-electron chi connectivity index (χ1n) is 13.0. The topological polar surface area (TPSA) is 23.6 Å². The van der Waals surface area contributed by atoms with Gasteiger partial charge in [0.2, 0.25) is 5.91 Å². The van der Waals surface area contributed by atoms with Crippen molar-refractivity contribution in [1.82, 2.24) is 9.80 Å². The van der Waals surface area contributed by atoms with Gasteiger partial charge < -0.3 is 4.90 Å². The Hall–Kier alpha value is -3.40. The van der Waals surface area contributed by atoms with Crippen molar-refractivity contribution in [1.29, 1.82) is 0 Å². The van der Waals surface area contributed by atoms with Gasteiger partial charge in [-0.2, -0.15) is 0 Å². The first kappa shape index (κ1) is 25.3. The highest BCUT2D eigenvalue weighted by molar-refractivity contribution is 6.33. The maximum absolute atomic E-state index is 13.4. The molecule has 0 spiro atoms. The number of nitrogens with zero attached hydrogens (tertiary/aromatic N) is 2. The van der Waals surface area contributed by atoms with Crippen LogP contribution in [0.3, 0.4) is 0 Å². The van der Waals surface area contributed by atoms with Crippen molar-refractivity contribution in [2.45, 2.75) is 32.4 Å². The normalized spacial score (nSPS) is 16.1. The number of hydrogen-bond donors (Lipinski definition) is 0. The number of rotatable bonds is 7. The van der Waals surface area contributed by atoms with Crippen LogP contribution in [0.25, 0.3) is 11.1 Å². The zero-order valence-corrected chi connectivity index (χ0v) is 22.1. The van der Waals surface area contributed by atoms with Crippen molar-refractivity contribution in [2.75, 3.05) is 19.6 Å². The molecule has 4 aromatic carbocycles. The van der Waals surface area contributed by atoms with Crippen LogP contribution in [0.15, 0.2) is 103 Å². The SMILES string of the molecule is Cc1ccc(Cl)c(-c2ccc(CN3CCN(C(=O)Cc4ccccc4)[C@H](Cc4ccccc4)C3)cc2)c1. The summed E-state index contributed by atoms with van der Waals surface area (Å²) in [7, 11) is 0. The van der Waals surface area contributed by atoms with Gasteiger partial charge in [-0.15, -0.1) is 0 Å². The number of aryl methyl sites for hydroxylation is 1. The molecule has 3 nitrogen and oxygen atoms in total. The lowest BCUT2D eigenvalue weighted by Gasteiger charge is -2.42. The summed E-state index contributed by atoms with van der Waals surface area (Å²) in [6.45, 7) is 5.44. The number of halogens is 1. The molecule has 4 heteroatoms. The minimum atomic E-state index is 0.151. The quantitative estimate of drug-likeness (QED) is 0.273. The van der Waals surface area contributed by atoms with E-state index in [9.17, 15) is 4.79 Å². The number of carbonyl (C=O) groups excluding carboxylic acids is 1. The first-order chi connectivity index (χ1) is 18.0. The first-order valence-corrected chi connectivity index (χ1v) is 13.4. The molecule has 188 valence electrons. The molecule has 37 heavy (non-hydrogen) atoms. The summed E-state index contributed by atoms with van der Waals surface area (Å²) in [5, 5.41) is 0.776. The van der Waals surface area contributed by atoms with E-state index in [0.29, 0.717) is 6.42 Å². The molecule has 0 aliphatic carbocycles.